The summed E-state index contributed by atoms with van der Waals surface area (Å²) in [5.41, 5.74) is 5.05. The molecule has 36 heavy (non-hydrogen) atoms. The number of aromatic nitrogens is 3. The molecule has 6 rings (SSSR count). The number of oxazole rings is 1. The Labute approximate surface area is 208 Å². The maximum atomic E-state index is 12.9. The number of pyridine rings is 2. The molecular formula is C27H28N6O3. The van der Waals surface area contributed by atoms with E-state index >= 15 is 0 Å². The Morgan fingerprint density at radius 3 is 2.75 bits per heavy atom. The molecule has 4 aromatic rings. The predicted octanol–water partition coefficient (Wildman–Crippen LogP) is 3.38. The van der Waals surface area contributed by atoms with Gasteiger partial charge in [-0.3, -0.25) is 4.79 Å². The summed E-state index contributed by atoms with van der Waals surface area (Å²) in [7, 11) is 1.73. The van der Waals surface area contributed by atoms with Gasteiger partial charge in [0.05, 0.1) is 11.2 Å². The first kappa shape index (κ1) is 22.6. The fourth-order valence-corrected chi connectivity index (χ4v) is 5.25. The van der Waals surface area contributed by atoms with Crippen molar-refractivity contribution in [2.75, 3.05) is 31.1 Å². The lowest BCUT2D eigenvalue weighted by molar-refractivity contribution is 0.222. The van der Waals surface area contributed by atoms with E-state index in [4.69, 9.17) is 14.1 Å². The Hall–Kier alpha value is -3.90. The zero-order valence-corrected chi connectivity index (χ0v) is 20.5. The van der Waals surface area contributed by atoms with Crippen LogP contribution in [0.3, 0.4) is 0 Å². The highest BCUT2D eigenvalue weighted by Crippen LogP contribution is 2.35. The van der Waals surface area contributed by atoms with Crippen LogP contribution in [0.1, 0.15) is 42.3 Å². The van der Waals surface area contributed by atoms with Crippen LogP contribution in [0.5, 0.6) is 5.75 Å². The Bertz CT molecular complexity index is 1550. The van der Waals surface area contributed by atoms with Crippen molar-refractivity contribution in [1.82, 2.24) is 19.9 Å². The minimum Gasteiger partial charge on any atom is -0.486 e. The van der Waals surface area contributed by atoms with E-state index in [9.17, 15) is 10.1 Å². The second kappa shape index (κ2) is 8.95. The van der Waals surface area contributed by atoms with Crippen LogP contribution in [-0.4, -0.2) is 46.8 Å². The first-order chi connectivity index (χ1) is 17.5. The van der Waals surface area contributed by atoms with Gasteiger partial charge in [0.15, 0.2) is 22.9 Å². The van der Waals surface area contributed by atoms with Gasteiger partial charge in [0.1, 0.15) is 23.2 Å². The third-order valence-corrected chi connectivity index (χ3v) is 7.32. The smallest absolute Gasteiger partial charge is 0.252 e. The molecule has 0 bridgehead atoms. The van der Waals surface area contributed by atoms with Crippen LogP contribution in [0.4, 0.5) is 5.69 Å². The summed E-state index contributed by atoms with van der Waals surface area (Å²) in [6.07, 6.45) is 2.56. The standard InChI is InChI=1S/C27H28N6O3/c1-16-3-4-23-19(11-16)31-27(36-23)17-6-9-33(10-7-17)22-13-25(34)32(2)21-12-24(20(14-28)30-26(21)22)35-18-5-8-29-15-18/h3-4,11-13,17-18,29H,5-10,15H2,1-2H3. The second-order valence-electron chi connectivity index (χ2n) is 9.76. The van der Waals surface area contributed by atoms with Gasteiger partial charge in [0, 0.05) is 44.7 Å². The lowest BCUT2D eigenvalue weighted by Gasteiger charge is -2.33. The lowest BCUT2D eigenvalue weighted by atomic mass is 9.96. The van der Waals surface area contributed by atoms with Gasteiger partial charge in [0.2, 0.25) is 0 Å². The molecule has 2 aliphatic rings. The number of hydrogen-bond donors (Lipinski definition) is 1. The Morgan fingerprint density at radius 2 is 2.00 bits per heavy atom. The number of nitrogens with zero attached hydrogens (tertiary/aromatic N) is 5. The normalized spacial score (nSPS) is 18.7. The molecule has 5 heterocycles. The summed E-state index contributed by atoms with van der Waals surface area (Å²) in [6.45, 7) is 5.14. The number of hydrogen-bond acceptors (Lipinski definition) is 8. The molecular weight excluding hydrogens is 456 g/mol. The summed E-state index contributed by atoms with van der Waals surface area (Å²) < 4.78 is 13.7. The summed E-state index contributed by atoms with van der Waals surface area (Å²) in [4.78, 5) is 24.5. The second-order valence-corrected chi connectivity index (χ2v) is 9.76. The van der Waals surface area contributed by atoms with E-state index < -0.39 is 0 Å². The molecule has 1 N–H and O–H groups in total. The summed E-state index contributed by atoms with van der Waals surface area (Å²) in [5, 5.41) is 13.1. The average molecular weight is 485 g/mol. The van der Waals surface area contributed by atoms with Crippen LogP contribution in [0.2, 0.25) is 0 Å². The van der Waals surface area contributed by atoms with Crippen LogP contribution in [-0.2, 0) is 7.05 Å². The summed E-state index contributed by atoms with van der Waals surface area (Å²) in [6, 6.07) is 11.7. The van der Waals surface area contributed by atoms with E-state index in [0.29, 0.717) is 16.8 Å². The molecule has 2 saturated heterocycles. The van der Waals surface area contributed by atoms with Crippen molar-refractivity contribution in [1.29, 1.82) is 5.26 Å². The van der Waals surface area contributed by atoms with Gasteiger partial charge in [-0.2, -0.15) is 5.26 Å². The van der Waals surface area contributed by atoms with Crippen molar-refractivity contribution in [3.63, 3.8) is 0 Å². The van der Waals surface area contributed by atoms with Gasteiger partial charge >= 0.3 is 0 Å². The monoisotopic (exact) mass is 484 g/mol. The largest absolute Gasteiger partial charge is 0.486 e. The first-order valence-electron chi connectivity index (χ1n) is 12.4. The maximum absolute atomic E-state index is 12.9. The molecule has 184 valence electrons. The summed E-state index contributed by atoms with van der Waals surface area (Å²) in [5.74, 6) is 1.42. The molecule has 0 radical (unpaired) electrons. The molecule has 0 spiro atoms. The topological polar surface area (TPSA) is 109 Å². The molecule has 2 aliphatic heterocycles. The molecule has 9 nitrogen and oxygen atoms in total. The van der Waals surface area contributed by atoms with Gasteiger partial charge in [0.25, 0.3) is 5.56 Å². The quantitative estimate of drug-likeness (QED) is 0.470. The number of aryl methyl sites for hydroxylation is 2. The van der Waals surface area contributed by atoms with Crippen molar-refractivity contribution in [2.45, 2.75) is 38.2 Å². The highest BCUT2D eigenvalue weighted by Gasteiger charge is 2.27. The molecule has 0 aliphatic carbocycles. The highest BCUT2D eigenvalue weighted by atomic mass is 16.5. The summed E-state index contributed by atoms with van der Waals surface area (Å²) >= 11 is 0. The lowest BCUT2D eigenvalue weighted by Crippen LogP contribution is -2.34. The van der Waals surface area contributed by atoms with Crippen molar-refractivity contribution in [3.8, 4) is 11.8 Å². The van der Waals surface area contributed by atoms with Crippen molar-refractivity contribution in [2.24, 2.45) is 7.05 Å². The zero-order chi connectivity index (χ0) is 24.8. The average Bonchev–Trinajstić information content (AvgIpc) is 3.56. The van der Waals surface area contributed by atoms with Gasteiger partial charge in [-0.05, 0) is 50.4 Å². The van der Waals surface area contributed by atoms with E-state index in [1.807, 2.05) is 25.1 Å². The SMILES string of the molecule is Cc1ccc2oc(C3CCN(c4cc(=O)n(C)c5cc(OC6CCNC6)c(C#N)nc45)CC3)nc2c1. The third-order valence-electron chi connectivity index (χ3n) is 7.32. The minimum atomic E-state index is -0.117. The molecule has 0 amide bonds. The molecule has 1 aromatic carbocycles. The number of rotatable bonds is 4. The van der Waals surface area contributed by atoms with E-state index in [1.54, 1.807) is 23.7 Å². The maximum Gasteiger partial charge on any atom is 0.252 e. The van der Waals surface area contributed by atoms with Crippen LogP contribution in [0.25, 0.3) is 22.1 Å². The van der Waals surface area contributed by atoms with E-state index in [-0.39, 0.29) is 23.3 Å². The van der Waals surface area contributed by atoms with Crippen LogP contribution in [0, 0.1) is 18.3 Å². The fourth-order valence-electron chi connectivity index (χ4n) is 5.25. The van der Waals surface area contributed by atoms with Crippen molar-refractivity contribution in [3.05, 3.63) is 57.8 Å². The molecule has 1 atom stereocenters. The van der Waals surface area contributed by atoms with Gasteiger partial charge in [-0.25, -0.2) is 9.97 Å². The number of piperidine rings is 1. The van der Waals surface area contributed by atoms with Gasteiger partial charge in [-0.1, -0.05) is 6.07 Å². The van der Waals surface area contributed by atoms with Crippen LogP contribution < -0.4 is 20.5 Å². The number of nitrogens with one attached hydrogen (secondary N) is 1. The van der Waals surface area contributed by atoms with Crippen LogP contribution >= 0.6 is 0 Å². The fraction of sp³-hybridized carbons (Fsp3) is 0.407. The molecule has 3 aromatic heterocycles. The van der Waals surface area contributed by atoms with E-state index in [2.05, 4.69) is 21.3 Å². The number of fused-ring (bicyclic) bond motifs is 2. The van der Waals surface area contributed by atoms with Crippen LogP contribution in [0.15, 0.2) is 39.5 Å². The zero-order valence-electron chi connectivity index (χ0n) is 20.5. The molecule has 9 heteroatoms. The third kappa shape index (κ3) is 3.97. The minimum absolute atomic E-state index is 0.00800. The molecule has 1 unspecified atom stereocenters. The highest BCUT2D eigenvalue weighted by molar-refractivity contribution is 5.90. The molecule has 2 fully saturated rings. The van der Waals surface area contributed by atoms with Crippen molar-refractivity contribution < 1.29 is 9.15 Å². The number of ether oxygens (including phenoxy) is 1. The van der Waals surface area contributed by atoms with Crippen molar-refractivity contribution >= 4 is 27.8 Å². The van der Waals surface area contributed by atoms with E-state index in [1.165, 1.54) is 0 Å². The van der Waals surface area contributed by atoms with Gasteiger partial charge in [-0.15, -0.1) is 0 Å². The Balaban J connectivity index is 1.30. The number of anilines is 1. The molecule has 0 saturated carbocycles. The Kier molecular flexibility index (Phi) is 5.61. The van der Waals surface area contributed by atoms with E-state index in [0.717, 1.165) is 73.7 Å². The number of nitriles is 1. The predicted molar refractivity (Wildman–Crippen MR) is 137 cm³/mol. The van der Waals surface area contributed by atoms with Gasteiger partial charge < -0.3 is 23.9 Å². The Morgan fingerprint density at radius 1 is 1.17 bits per heavy atom. The first-order valence-corrected chi connectivity index (χ1v) is 12.4. The number of benzene rings is 1.